The molecule has 0 spiro atoms. The normalized spacial score (nSPS) is 49.7. The molecule has 1 aromatic rings. The molecule has 1 aromatic carbocycles. The largest absolute Gasteiger partial charge is 0.462 e. The van der Waals surface area contributed by atoms with Crippen LogP contribution < -0.4 is 0 Å². The van der Waals surface area contributed by atoms with Gasteiger partial charge in [0, 0.05) is 0 Å². The summed E-state index contributed by atoms with van der Waals surface area (Å²) < 4.78 is 6.52. The fraction of sp³-hybridized carbons (Fsp3) is 0.750. The Kier molecular flexibility index (Phi) is 4.46. The van der Waals surface area contributed by atoms with Gasteiger partial charge in [-0.2, -0.15) is 0 Å². The average Bonchev–Trinajstić information content (AvgIpc) is 2.73. The second-order valence-electron chi connectivity index (χ2n) is 12.2. The van der Waals surface area contributed by atoms with Gasteiger partial charge in [-0.25, -0.2) is 0 Å². The van der Waals surface area contributed by atoms with Crippen LogP contribution in [-0.4, -0.2) is 17.2 Å². The Labute approximate surface area is 187 Å². The molecule has 0 aliphatic heterocycles. The molecule has 7 fully saturated rings. The third-order valence-electron chi connectivity index (χ3n) is 10.5. The highest BCUT2D eigenvalue weighted by atomic mass is 16.5. The van der Waals surface area contributed by atoms with Gasteiger partial charge in [0.2, 0.25) is 0 Å². The highest BCUT2D eigenvalue weighted by Gasteiger charge is 2.85. The van der Waals surface area contributed by atoms with Crippen LogP contribution in [0.4, 0.5) is 0 Å². The van der Waals surface area contributed by atoms with Crippen LogP contribution in [0.25, 0.3) is 0 Å². The maximum absolute atomic E-state index is 14.2. The van der Waals surface area contributed by atoms with E-state index in [-0.39, 0.29) is 23.9 Å². The van der Waals surface area contributed by atoms with Crippen LogP contribution in [0.5, 0.6) is 0 Å². The van der Waals surface area contributed by atoms with Crippen molar-refractivity contribution in [2.75, 3.05) is 0 Å². The minimum atomic E-state index is -1.05. The zero-order chi connectivity index (χ0) is 21.5. The van der Waals surface area contributed by atoms with Crippen molar-refractivity contribution in [3.63, 3.8) is 0 Å². The Morgan fingerprint density at radius 3 is 2.55 bits per heavy atom. The van der Waals surface area contributed by atoms with Crippen molar-refractivity contribution in [1.82, 2.24) is 0 Å². The molecule has 31 heavy (non-hydrogen) atoms. The SMILES string of the molecule is CC(C)[C@H]1CC[C@@H](C)C[C@@H]1OC(=O)[C@@]12[C@@H]3C[C@H]4C[C@@H](C3)[C@H]([C@@H]1C4)C2(O)c1ccccc1. The molecular formula is C28H38O3. The fourth-order valence-corrected chi connectivity index (χ4v) is 9.44. The van der Waals surface area contributed by atoms with E-state index in [2.05, 4.69) is 20.8 Å². The van der Waals surface area contributed by atoms with Crippen molar-refractivity contribution in [3.8, 4) is 0 Å². The van der Waals surface area contributed by atoms with Gasteiger partial charge in [-0.1, -0.05) is 57.5 Å². The summed E-state index contributed by atoms with van der Waals surface area (Å²) in [4.78, 5) is 14.2. The predicted octanol–water partition coefficient (Wildman–Crippen LogP) is 5.56. The monoisotopic (exact) mass is 422 g/mol. The Morgan fingerprint density at radius 1 is 1.06 bits per heavy atom. The summed E-state index contributed by atoms with van der Waals surface area (Å²) in [5.74, 6) is 3.62. The van der Waals surface area contributed by atoms with Crippen LogP contribution in [0.1, 0.15) is 71.3 Å². The molecule has 1 unspecified atom stereocenters. The number of ether oxygens (including phenoxy) is 1. The van der Waals surface area contributed by atoms with Gasteiger partial charge < -0.3 is 9.84 Å². The molecule has 3 heteroatoms. The Bertz CT molecular complexity index is 852. The Morgan fingerprint density at radius 2 is 1.84 bits per heavy atom. The Hall–Kier alpha value is -1.35. The number of hydrogen-bond donors (Lipinski definition) is 1. The van der Waals surface area contributed by atoms with Crippen molar-refractivity contribution in [2.24, 2.45) is 52.8 Å². The number of carbonyl (C=O) groups excluding carboxylic acids is 1. The lowest BCUT2D eigenvalue weighted by atomic mass is 9.25. The minimum absolute atomic E-state index is 0.00175. The number of hydrogen-bond acceptors (Lipinski definition) is 3. The van der Waals surface area contributed by atoms with E-state index in [0.29, 0.717) is 29.6 Å². The van der Waals surface area contributed by atoms with E-state index in [1.165, 1.54) is 12.8 Å². The fourth-order valence-electron chi connectivity index (χ4n) is 9.44. The second-order valence-corrected chi connectivity index (χ2v) is 12.2. The third kappa shape index (κ3) is 2.48. The summed E-state index contributed by atoms with van der Waals surface area (Å²) in [6.07, 6.45) is 7.90. The molecule has 8 rings (SSSR count). The molecule has 1 N–H and O–H groups in total. The zero-order valence-corrected chi connectivity index (χ0v) is 19.3. The molecule has 168 valence electrons. The lowest BCUT2D eigenvalue weighted by molar-refractivity contribution is -0.369. The lowest BCUT2D eigenvalue weighted by Gasteiger charge is -2.78. The predicted molar refractivity (Wildman–Crippen MR) is 120 cm³/mol. The van der Waals surface area contributed by atoms with Crippen molar-refractivity contribution in [1.29, 1.82) is 0 Å². The van der Waals surface area contributed by atoms with Crippen LogP contribution in [0.2, 0.25) is 0 Å². The summed E-state index contributed by atoms with van der Waals surface area (Å²) in [6, 6.07) is 10.1. The molecule has 6 bridgehead atoms. The minimum Gasteiger partial charge on any atom is -0.462 e. The molecule has 7 aliphatic rings. The van der Waals surface area contributed by atoms with E-state index in [1.54, 1.807) is 0 Å². The number of esters is 1. The molecule has 0 aromatic heterocycles. The molecule has 7 saturated carbocycles. The highest BCUT2D eigenvalue weighted by molar-refractivity contribution is 5.83. The van der Waals surface area contributed by atoms with Gasteiger partial charge >= 0.3 is 5.97 Å². The number of aliphatic hydroxyl groups is 1. The lowest BCUT2D eigenvalue weighted by Crippen LogP contribution is -2.82. The van der Waals surface area contributed by atoms with Crippen LogP contribution in [0.15, 0.2) is 30.3 Å². The Balaban J connectivity index is 1.39. The van der Waals surface area contributed by atoms with Crippen LogP contribution >= 0.6 is 0 Å². The molecular weight excluding hydrogens is 384 g/mol. The number of rotatable bonds is 4. The van der Waals surface area contributed by atoms with Crippen molar-refractivity contribution >= 4 is 5.97 Å². The van der Waals surface area contributed by atoms with Gasteiger partial charge in [0.15, 0.2) is 0 Å². The summed E-state index contributed by atoms with van der Waals surface area (Å²) >= 11 is 0. The van der Waals surface area contributed by atoms with Crippen LogP contribution in [0.3, 0.4) is 0 Å². The quantitative estimate of drug-likeness (QED) is 0.646. The first kappa shape index (κ1) is 20.3. The molecule has 3 nitrogen and oxygen atoms in total. The topological polar surface area (TPSA) is 46.5 Å². The molecule has 0 saturated heterocycles. The first-order valence-electron chi connectivity index (χ1n) is 12.9. The smallest absolute Gasteiger partial charge is 0.316 e. The maximum atomic E-state index is 14.2. The van der Waals surface area contributed by atoms with E-state index in [9.17, 15) is 9.90 Å². The number of carbonyl (C=O) groups is 1. The second kappa shape index (κ2) is 6.83. The number of benzene rings is 1. The standard InChI is InChI=1S/C28H38O3/c1-16(2)22-10-9-17(3)11-24(22)31-26(29)27-21-13-18-12-19(15-21)25(23(27)14-18)28(27,30)20-7-5-4-6-8-20/h4-8,16-19,21-25,30H,9-15H2,1-3H3/t17-,18-,19+,21-,22-,23+,24+,25-,27-,28?/m1/s1. The van der Waals surface area contributed by atoms with Gasteiger partial charge in [0.1, 0.15) is 17.1 Å². The highest BCUT2D eigenvalue weighted by Crippen LogP contribution is 2.81. The van der Waals surface area contributed by atoms with E-state index in [0.717, 1.165) is 43.6 Å². The zero-order valence-electron chi connectivity index (χ0n) is 19.3. The first-order chi connectivity index (χ1) is 14.9. The maximum Gasteiger partial charge on any atom is 0.316 e. The van der Waals surface area contributed by atoms with Crippen molar-refractivity contribution in [3.05, 3.63) is 35.9 Å². The molecule has 0 heterocycles. The summed E-state index contributed by atoms with van der Waals surface area (Å²) in [7, 11) is 0. The van der Waals surface area contributed by atoms with Gasteiger partial charge in [0.05, 0.1) is 0 Å². The molecule has 10 atom stereocenters. The van der Waals surface area contributed by atoms with E-state index < -0.39 is 11.0 Å². The summed E-state index contributed by atoms with van der Waals surface area (Å²) in [6.45, 7) is 6.82. The van der Waals surface area contributed by atoms with E-state index >= 15 is 0 Å². The molecule has 7 aliphatic carbocycles. The van der Waals surface area contributed by atoms with Crippen molar-refractivity contribution in [2.45, 2.75) is 77.4 Å². The molecule has 0 radical (unpaired) electrons. The van der Waals surface area contributed by atoms with Gasteiger partial charge in [-0.3, -0.25) is 4.79 Å². The molecule has 0 amide bonds. The average molecular weight is 423 g/mol. The summed E-state index contributed by atoms with van der Waals surface area (Å²) in [5.41, 5.74) is -0.835. The van der Waals surface area contributed by atoms with E-state index in [1.807, 2.05) is 30.3 Å². The third-order valence-corrected chi connectivity index (χ3v) is 10.5. The van der Waals surface area contributed by atoms with Crippen LogP contribution in [0, 0.1) is 52.8 Å². The van der Waals surface area contributed by atoms with Crippen molar-refractivity contribution < 1.29 is 14.6 Å². The summed E-state index contributed by atoms with van der Waals surface area (Å²) in [5, 5.41) is 12.4. The van der Waals surface area contributed by atoms with Gasteiger partial charge in [0.25, 0.3) is 0 Å². The van der Waals surface area contributed by atoms with E-state index in [4.69, 9.17) is 4.74 Å². The van der Waals surface area contributed by atoms with Gasteiger partial charge in [-0.05, 0) is 91.4 Å². The van der Waals surface area contributed by atoms with Gasteiger partial charge in [-0.15, -0.1) is 0 Å². The van der Waals surface area contributed by atoms with Crippen LogP contribution in [-0.2, 0) is 15.1 Å². The first-order valence-corrected chi connectivity index (χ1v) is 12.9.